The molecule has 21 heavy (non-hydrogen) atoms. The van der Waals surface area contributed by atoms with E-state index in [2.05, 4.69) is 0 Å². The van der Waals surface area contributed by atoms with Crippen LogP contribution in [0.2, 0.25) is 0 Å². The van der Waals surface area contributed by atoms with Crippen LogP contribution in [0.1, 0.15) is 30.1 Å². The van der Waals surface area contributed by atoms with Gasteiger partial charge in [-0.05, 0) is 44.0 Å². The summed E-state index contributed by atoms with van der Waals surface area (Å²) in [7, 11) is 0. The number of likely N-dealkylation sites (tertiary alicyclic amines) is 1. The predicted molar refractivity (Wildman–Crippen MR) is 71.7 cm³/mol. The van der Waals surface area contributed by atoms with Crippen molar-refractivity contribution >= 4 is 11.9 Å². The summed E-state index contributed by atoms with van der Waals surface area (Å²) in [6.07, 6.45) is -0.834. The molecule has 0 saturated carbocycles. The molecule has 4 nitrogen and oxygen atoms in total. The summed E-state index contributed by atoms with van der Waals surface area (Å²) in [5.74, 6) is -2.59. The highest BCUT2D eigenvalue weighted by molar-refractivity contribution is 5.94. The zero-order chi connectivity index (χ0) is 15.4. The number of esters is 1. The standard InChI is InChI=1S/C15H17F2NO3/c1-2-21-15(20)12-4-3-9-18(13(12)17)14(19)10-5-7-11(16)8-6-10/h5-8,12-13H,2-4,9H2,1H3. The van der Waals surface area contributed by atoms with E-state index in [1.807, 2.05) is 0 Å². The number of ether oxygens (including phenoxy) is 1. The van der Waals surface area contributed by atoms with E-state index in [1.165, 1.54) is 12.1 Å². The van der Waals surface area contributed by atoms with Crippen molar-refractivity contribution in [3.05, 3.63) is 35.6 Å². The van der Waals surface area contributed by atoms with Crippen LogP contribution in [0, 0.1) is 11.7 Å². The molecule has 2 atom stereocenters. The third kappa shape index (κ3) is 3.37. The van der Waals surface area contributed by atoms with Crippen LogP contribution in [0.3, 0.4) is 0 Å². The van der Waals surface area contributed by atoms with Crippen molar-refractivity contribution in [1.29, 1.82) is 0 Å². The lowest BCUT2D eigenvalue weighted by Gasteiger charge is -2.35. The quantitative estimate of drug-likeness (QED) is 0.636. The largest absolute Gasteiger partial charge is 0.466 e. The van der Waals surface area contributed by atoms with Gasteiger partial charge in [0.05, 0.1) is 6.61 Å². The molecule has 0 radical (unpaired) electrons. The number of alkyl halides is 1. The van der Waals surface area contributed by atoms with Gasteiger partial charge >= 0.3 is 5.97 Å². The van der Waals surface area contributed by atoms with Gasteiger partial charge in [-0.2, -0.15) is 0 Å². The van der Waals surface area contributed by atoms with E-state index in [0.717, 1.165) is 17.0 Å². The summed E-state index contributed by atoms with van der Waals surface area (Å²) in [4.78, 5) is 25.0. The highest BCUT2D eigenvalue weighted by Gasteiger charge is 2.39. The number of hydrogen-bond acceptors (Lipinski definition) is 3. The first-order valence-electron chi connectivity index (χ1n) is 6.92. The van der Waals surface area contributed by atoms with Crippen LogP contribution in [0.15, 0.2) is 24.3 Å². The summed E-state index contributed by atoms with van der Waals surface area (Å²) in [6.45, 7) is 2.05. The van der Waals surface area contributed by atoms with Crippen molar-refractivity contribution in [3.8, 4) is 0 Å². The average molecular weight is 297 g/mol. The van der Waals surface area contributed by atoms with E-state index in [4.69, 9.17) is 4.74 Å². The molecule has 114 valence electrons. The molecule has 0 spiro atoms. The molecule has 1 aromatic carbocycles. The van der Waals surface area contributed by atoms with Crippen molar-refractivity contribution < 1.29 is 23.1 Å². The Hall–Kier alpha value is -1.98. The molecule has 1 aliphatic heterocycles. The minimum Gasteiger partial charge on any atom is -0.466 e. The maximum atomic E-state index is 14.4. The highest BCUT2D eigenvalue weighted by atomic mass is 19.1. The van der Waals surface area contributed by atoms with Crippen LogP contribution in [-0.2, 0) is 9.53 Å². The maximum absolute atomic E-state index is 14.4. The lowest BCUT2D eigenvalue weighted by Crippen LogP contribution is -2.48. The lowest BCUT2D eigenvalue weighted by molar-refractivity contribution is -0.155. The average Bonchev–Trinajstić information content (AvgIpc) is 2.48. The fourth-order valence-corrected chi connectivity index (χ4v) is 2.41. The SMILES string of the molecule is CCOC(=O)C1CCCN(C(=O)c2ccc(F)cc2)C1F. The second kappa shape index (κ2) is 6.65. The fraction of sp³-hybridized carbons (Fsp3) is 0.467. The minimum absolute atomic E-state index is 0.175. The van der Waals surface area contributed by atoms with Gasteiger partial charge in [-0.1, -0.05) is 0 Å². The number of rotatable bonds is 3. The zero-order valence-electron chi connectivity index (χ0n) is 11.7. The van der Waals surface area contributed by atoms with Gasteiger partial charge in [0.2, 0.25) is 0 Å². The number of carbonyl (C=O) groups is 2. The van der Waals surface area contributed by atoms with E-state index in [-0.39, 0.29) is 18.7 Å². The van der Waals surface area contributed by atoms with Gasteiger partial charge in [0.15, 0.2) is 6.30 Å². The van der Waals surface area contributed by atoms with E-state index in [0.29, 0.717) is 12.8 Å². The third-order valence-electron chi connectivity index (χ3n) is 3.49. The Morgan fingerprint density at radius 1 is 1.33 bits per heavy atom. The van der Waals surface area contributed by atoms with Crippen molar-refractivity contribution in [2.24, 2.45) is 5.92 Å². The molecule has 0 bridgehead atoms. The lowest BCUT2D eigenvalue weighted by atomic mass is 9.96. The second-order valence-electron chi connectivity index (χ2n) is 4.88. The van der Waals surface area contributed by atoms with Crippen molar-refractivity contribution in [1.82, 2.24) is 4.90 Å². The van der Waals surface area contributed by atoms with Crippen molar-refractivity contribution in [2.75, 3.05) is 13.2 Å². The number of piperidine rings is 1. The molecule has 1 amide bonds. The monoisotopic (exact) mass is 297 g/mol. The molecule has 2 rings (SSSR count). The van der Waals surface area contributed by atoms with Crippen LogP contribution in [-0.4, -0.2) is 36.2 Å². The highest BCUT2D eigenvalue weighted by Crippen LogP contribution is 2.27. The molecule has 1 aliphatic rings. The summed E-state index contributed by atoms with van der Waals surface area (Å²) in [5.41, 5.74) is 0.198. The van der Waals surface area contributed by atoms with Gasteiger partial charge < -0.3 is 9.64 Å². The van der Waals surface area contributed by atoms with Crippen molar-refractivity contribution in [2.45, 2.75) is 26.1 Å². The van der Waals surface area contributed by atoms with E-state index in [9.17, 15) is 18.4 Å². The van der Waals surface area contributed by atoms with Gasteiger partial charge in [0, 0.05) is 12.1 Å². The molecule has 0 aliphatic carbocycles. The zero-order valence-corrected chi connectivity index (χ0v) is 11.7. The van der Waals surface area contributed by atoms with Gasteiger partial charge in [-0.25, -0.2) is 8.78 Å². The van der Waals surface area contributed by atoms with Crippen LogP contribution in [0.25, 0.3) is 0 Å². The normalized spacial score (nSPS) is 22.0. The van der Waals surface area contributed by atoms with Crippen LogP contribution in [0.4, 0.5) is 8.78 Å². The van der Waals surface area contributed by atoms with E-state index >= 15 is 0 Å². The summed E-state index contributed by atoms with van der Waals surface area (Å²) in [6, 6.07) is 4.90. The molecule has 1 heterocycles. The Balaban J connectivity index is 2.13. The van der Waals surface area contributed by atoms with Gasteiger partial charge in [-0.15, -0.1) is 0 Å². The maximum Gasteiger partial charge on any atom is 0.313 e. The first kappa shape index (κ1) is 15.4. The molecular formula is C15H17F2NO3. The van der Waals surface area contributed by atoms with Crippen LogP contribution in [0.5, 0.6) is 0 Å². The summed E-state index contributed by atoms with van der Waals surface area (Å²) in [5, 5.41) is 0. The van der Waals surface area contributed by atoms with Crippen molar-refractivity contribution in [3.63, 3.8) is 0 Å². The first-order chi connectivity index (χ1) is 10.0. The second-order valence-corrected chi connectivity index (χ2v) is 4.88. The Labute approximate surface area is 121 Å². The Morgan fingerprint density at radius 3 is 2.62 bits per heavy atom. The third-order valence-corrected chi connectivity index (χ3v) is 3.49. The summed E-state index contributed by atoms with van der Waals surface area (Å²) >= 11 is 0. The van der Waals surface area contributed by atoms with E-state index < -0.39 is 29.9 Å². The number of amides is 1. The van der Waals surface area contributed by atoms with Gasteiger partial charge in [-0.3, -0.25) is 9.59 Å². The molecule has 1 saturated heterocycles. The minimum atomic E-state index is -1.71. The first-order valence-corrected chi connectivity index (χ1v) is 6.92. The molecule has 0 N–H and O–H groups in total. The molecule has 6 heteroatoms. The van der Waals surface area contributed by atoms with Gasteiger partial charge in [0.1, 0.15) is 11.7 Å². The molecule has 2 unspecified atom stereocenters. The number of carbonyl (C=O) groups excluding carboxylic acids is 2. The number of hydrogen-bond donors (Lipinski definition) is 0. The predicted octanol–water partition coefficient (Wildman–Crippen LogP) is 2.54. The summed E-state index contributed by atoms with van der Waals surface area (Å²) < 4.78 is 32.1. The molecule has 0 aromatic heterocycles. The number of nitrogens with zero attached hydrogens (tertiary/aromatic N) is 1. The van der Waals surface area contributed by atoms with Crippen LogP contribution >= 0.6 is 0 Å². The fourth-order valence-electron chi connectivity index (χ4n) is 2.41. The number of halogens is 2. The molecule has 1 aromatic rings. The van der Waals surface area contributed by atoms with Gasteiger partial charge in [0.25, 0.3) is 5.91 Å². The molecular weight excluding hydrogens is 280 g/mol. The topological polar surface area (TPSA) is 46.6 Å². The van der Waals surface area contributed by atoms with Crippen LogP contribution < -0.4 is 0 Å². The Kier molecular flexibility index (Phi) is 4.88. The van der Waals surface area contributed by atoms with E-state index in [1.54, 1.807) is 6.92 Å². The Bertz CT molecular complexity index is 518. The smallest absolute Gasteiger partial charge is 0.313 e. The molecule has 1 fully saturated rings. The number of benzene rings is 1. The Morgan fingerprint density at radius 2 is 2.00 bits per heavy atom.